The van der Waals surface area contributed by atoms with E-state index in [1.54, 1.807) is 6.26 Å². The third kappa shape index (κ3) is 4.54. The zero-order chi connectivity index (χ0) is 18.6. The van der Waals surface area contributed by atoms with Crippen molar-refractivity contribution in [3.05, 3.63) is 36.1 Å². The first-order valence-corrected chi connectivity index (χ1v) is 10.4. The van der Waals surface area contributed by atoms with Crippen LogP contribution in [0.5, 0.6) is 0 Å². The third-order valence-corrected chi connectivity index (χ3v) is 6.44. The molecule has 1 N–H and O–H groups in total. The van der Waals surface area contributed by atoms with Gasteiger partial charge in [0.05, 0.1) is 6.26 Å². The maximum absolute atomic E-state index is 9.37. The van der Waals surface area contributed by atoms with Gasteiger partial charge < -0.3 is 14.4 Å². The van der Waals surface area contributed by atoms with E-state index in [-0.39, 0.29) is 0 Å². The number of piperidine rings is 1. The number of aliphatic hydroxyl groups excluding tert-OH is 1. The predicted octanol–water partition coefficient (Wildman–Crippen LogP) is 2.64. The average Bonchev–Trinajstić information content (AvgIpc) is 3.15. The van der Waals surface area contributed by atoms with Gasteiger partial charge in [0.25, 0.3) is 0 Å². The molecule has 4 rings (SSSR count). The van der Waals surface area contributed by atoms with Crippen molar-refractivity contribution in [2.75, 3.05) is 52.9 Å². The largest absolute Gasteiger partial charge is 0.464 e. The minimum absolute atomic E-state index is 0.309. The zero-order valence-corrected chi connectivity index (χ0v) is 16.5. The van der Waals surface area contributed by atoms with Crippen molar-refractivity contribution in [2.45, 2.75) is 31.8 Å². The van der Waals surface area contributed by atoms with Gasteiger partial charge in [0.1, 0.15) is 5.58 Å². The van der Waals surface area contributed by atoms with Gasteiger partial charge in [-0.15, -0.1) is 0 Å². The Morgan fingerprint density at radius 1 is 1.11 bits per heavy atom. The number of hydrogen-bond acceptors (Lipinski definition) is 5. The summed E-state index contributed by atoms with van der Waals surface area (Å²) in [6, 6.07) is 9.26. The molecule has 0 saturated carbocycles. The molecule has 5 heteroatoms. The highest BCUT2D eigenvalue weighted by Gasteiger charge is 2.33. The number of aliphatic hydroxyl groups is 1. The highest BCUT2D eigenvalue weighted by Crippen LogP contribution is 2.28. The van der Waals surface area contributed by atoms with E-state index in [9.17, 15) is 5.11 Å². The highest BCUT2D eigenvalue weighted by atomic mass is 16.3. The van der Waals surface area contributed by atoms with Crippen molar-refractivity contribution in [2.24, 2.45) is 5.92 Å². The molecule has 2 aliphatic heterocycles. The van der Waals surface area contributed by atoms with Crippen LogP contribution in [0.25, 0.3) is 11.0 Å². The standard InChI is InChI=1S/C22H33N3O2/c1-23-9-11-25(12-10-23)21-6-8-24(17-20(21)3-2-13-26)16-18-4-5-22-19(15-18)7-14-27-22/h4-5,7,14-15,20-21,26H,2-3,6,8-13,16-17H2,1H3/t20-,21+/m1/s1. The van der Waals surface area contributed by atoms with Crippen LogP contribution >= 0.6 is 0 Å². The Labute approximate surface area is 162 Å². The molecule has 27 heavy (non-hydrogen) atoms. The molecule has 1 aromatic carbocycles. The summed E-state index contributed by atoms with van der Waals surface area (Å²) in [7, 11) is 2.22. The van der Waals surface area contributed by atoms with E-state index in [1.807, 2.05) is 6.07 Å². The summed E-state index contributed by atoms with van der Waals surface area (Å²) in [6.45, 7) is 8.35. The second-order valence-electron chi connectivity index (χ2n) is 8.35. The number of rotatable bonds is 6. The van der Waals surface area contributed by atoms with Crippen LogP contribution in [-0.2, 0) is 6.54 Å². The van der Waals surface area contributed by atoms with Crippen LogP contribution in [0.2, 0.25) is 0 Å². The normalized spacial score (nSPS) is 26.0. The number of furan rings is 1. The van der Waals surface area contributed by atoms with Crippen molar-refractivity contribution in [3.63, 3.8) is 0 Å². The Hall–Kier alpha value is -1.40. The van der Waals surface area contributed by atoms with Crippen LogP contribution in [0.3, 0.4) is 0 Å². The van der Waals surface area contributed by atoms with Gasteiger partial charge in [-0.2, -0.15) is 0 Å². The molecule has 0 radical (unpaired) electrons. The van der Waals surface area contributed by atoms with Crippen molar-refractivity contribution in [1.82, 2.24) is 14.7 Å². The van der Waals surface area contributed by atoms with Gasteiger partial charge in [-0.1, -0.05) is 6.07 Å². The average molecular weight is 372 g/mol. The number of hydrogen-bond donors (Lipinski definition) is 1. The number of benzene rings is 1. The van der Waals surface area contributed by atoms with Crippen molar-refractivity contribution in [1.29, 1.82) is 0 Å². The smallest absolute Gasteiger partial charge is 0.133 e. The molecule has 2 atom stereocenters. The first-order chi connectivity index (χ1) is 13.2. The Balaban J connectivity index is 1.40. The van der Waals surface area contributed by atoms with Crippen LogP contribution in [-0.4, -0.2) is 78.8 Å². The van der Waals surface area contributed by atoms with Crippen molar-refractivity contribution < 1.29 is 9.52 Å². The molecule has 148 valence electrons. The van der Waals surface area contributed by atoms with Crippen LogP contribution in [0.4, 0.5) is 0 Å². The zero-order valence-electron chi connectivity index (χ0n) is 16.5. The maximum Gasteiger partial charge on any atom is 0.133 e. The van der Waals surface area contributed by atoms with Gasteiger partial charge in [0.15, 0.2) is 0 Å². The van der Waals surface area contributed by atoms with E-state index < -0.39 is 0 Å². The Morgan fingerprint density at radius 3 is 2.78 bits per heavy atom. The van der Waals surface area contributed by atoms with E-state index in [1.165, 1.54) is 43.5 Å². The number of piperazine rings is 1. The van der Waals surface area contributed by atoms with Gasteiger partial charge in [-0.05, 0) is 62.5 Å². The fourth-order valence-corrected chi connectivity index (χ4v) is 4.88. The van der Waals surface area contributed by atoms with Gasteiger partial charge in [0.2, 0.25) is 0 Å². The lowest BCUT2D eigenvalue weighted by Crippen LogP contribution is -2.56. The topological polar surface area (TPSA) is 43.1 Å². The molecule has 2 aliphatic rings. The third-order valence-electron chi connectivity index (χ3n) is 6.44. The summed E-state index contributed by atoms with van der Waals surface area (Å²) < 4.78 is 5.47. The number of fused-ring (bicyclic) bond motifs is 1. The molecule has 2 aromatic rings. The lowest BCUT2D eigenvalue weighted by Gasteiger charge is -2.46. The molecule has 0 bridgehead atoms. The fraction of sp³-hybridized carbons (Fsp3) is 0.636. The van der Waals surface area contributed by atoms with E-state index in [2.05, 4.69) is 39.9 Å². The second-order valence-corrected chi connectivity index (χ2v) is 8.35. The summed E-state index contributed by atoms with van der Waals surface area (Å²) in [5.74, 6) is 0.659. The molecule has 2 saturated heterocycles. The lowest BCUT2D eigenvalue weighted by molar-refractivity contribution is 0.0212. The molecule has 5 nitrogen and oxygen atoms in total. The van der Waals surface area contributed by atoms with Crippen LogP contribution in [0, 0.1) is 5.92 Å². The molecule has 1 aromatic heterocycles. The molecule has 2 fully saturated rings. The van der Waals surface area contributed by atoms with E-state index >= 15 is 0 Å². The van der Waals surface area contributed by atoms with E-state index in [0.29, 0.717) is 18.6 Å². The minimum Gasteiger partial charge on any atom is -0.464 e. The Morgan fingerprint density at radius 2 is 1.96 bits per heavy atom. The first-order valence-electron chi connectivity index (χ1n) is 10.4. The summed E-state index contributed by atoms with van der Waals surface area (Å²) in [5.41, 5.74) is 2.33. The van der Waals surface area contributed by atoms with Crippen LogP contribution < -0.4 is 0 Å². The molecular weight excluding hydrogens is 338 g/mol. The maximum atomic E-state index is 9.37. The number of likely N-dealkylation sites (tertiary alicyclic amines) is 1. The monoisotopic (exact) mass is 371 g/mol. The van der Waals surface area contributed by atoms with Gasteiger partial charge >= 0.3 is 0 Å². The number of nitrogens with zero attached hydrogens (tertiary/aromatic N) is 3. The molecule has 0 spiro atoms. The predicted molar refractivity (Wildman–Crippen MR) is 109 cm³/mol. The first kappa shape index (κ1) is 18.9. The lowest BCUT2D eigenvalue weighted by atomic mass is 9.86. The van der Waals surface area contributed by atoms with Gasteiger partial charge in [-0.25, -0.2) is 0 Å². The molecule has 3 heterocycles. The van der Waals surface area contributed by atoms with Crippen LogP contribution in [0.15, 0.2) is 34.9 Å². The van der Waals surface area contributed by atoms with E-state index in [0.717, 1.165) is 38.1 Å². The molecular formula is C22H33N3O2. The van der Waals surface area contributed by atoms with Crippen molar-refractivity contribution in [3.8, 4) is 0 Å². The summed E-state index contributed by atoms with van der Waals surface area (Å²) in [5, 5.41) is 10.6. The Kier molecular flexibility index (Phi) is 6.13. The quantitative estimate of drug-likeness (QED) is 0.846. The van der Waals surface area contributed by atoms with Crippen LogP contribution in [0.1, 0.15) is 24.8 Å². The summed E-state index contributed by atoms with van der Waals surface area (Å²) >= 11 is 0. The SMILES string of the molecule is CN1CCN([C@H]2CCN(Cc3ccc4occc4c3)C[C@H]2CCCO)CC1. The van der Waals surface area contributed by atoms with Gasteiger partial charge in [0, 0.05) is 57.3 Å². The highest BCUT2D eigenvalue weighted by molar-refractivity contribution is 5.77. The van der Waals surface area contributed by atoms with E-state index in [4.69, 9.17) is 4.42 Å². The molecule has 0 amide bonds. The summed E-state index contributed by atoms with van der Waals surface area (Å²) in [6.07, 6.45) is 5.06. The summed E-state index contributed by atoms with van der Waals surface area (Å²) in [4.78, 5) is 7.76. The minimum atomic E-state index is 0.309. The Bertz CT molecular complexity index is 723. The fourth-order valence-electron chi connectivity index (χ4n) is 4.88. The molecule has 0 unspecified atom stereocenters. The van der Waals surface area contributed by atoms with Gasteiger partial charge in [-0.3, -0.25) is 9.80 Å². The number of likely N-dealkylation sites (N-methyl/N-ethyl adjacent to an activating group) is 1. The second kappa shape index (κ2) is 8.74. The van der Waals surface area contributed by atoms with Crippen molar-refractivity contribution >= 4 is 11.0 Å². The molecule has 0 aliphatic carbocycles.